The highest BCUT2D eigenvalue weighted by atomic mass is 31.3. The maximum absolute atomic E-state index is 12.9. The Morgan fingerprint density at radius 3 is 2.09 bits per heavy atom. The molecule has 0 aliphatic carbocycles. The van der Waals surface area contributed by atoms with Crippen LogP contribution in [0.15, 0.2) is 24.8 Å². The lowest BCUT2D eigenvalue weighted by molar-refractivity contribution is -0.147. The normalized spacial score (nSPS) is 20.4. The van der Waals surface area contributed by atoms with Crippen LogP contribution in [-0.4, -0.2) is 129 Å². The number of rotatable bonds is 32. The first-order valence-corrected chi connectivity index (χ1v) is 26.7. The number of phosphoric acid groups is 3. The van der Waals surface area contributed by atoms with E-state index >= 15 is 0 Å². The molecule has 0 aromatic carbocycles. The van der Waals surface area contributed by atoms with Crippen LogP contribution in [0.1, 0.15) is 118 Å². The van der Waals surface area contributed by atoms with Gasteiger partial charge in [0.1, 0.15) is 42.0 Å². The van der Waals surface area contributed by atoms with E-state index in [0.29, 0.717) is 12.8 Å². The van der Waals surface area contributed by atoms with E-state index in [9.17, 15) is 67.8 Å². The van der Waals surface area contributed by atoms with Gasteiger partial charge in [0.25, 0.3) is 0 Å². The maximum atomic E-state index is 12.9. The predicted octanol–water partition coefficient (Wildman–Crippen LogP) is 3.57. The Balaban J connectivity index is 1.36. The molecule has 69 heavy (non-hydrogen) atoms. The van der Waals surface area contributed by atoms with Gasteiger partial charge in [-0.2, -0.15) is 4.31 Å². The number of nitrogens with one attached hydrogen (secondary N) is 2. The fourth-order valence-corrected chi connectivity index (χ4v) is 9.74. The number of amides is 2. The number of carboxylic acids is 1. The van der Waals surface area contributed by atoms with Crippen LogP contribution in [0, 0.1) is 16.2 Å². The van der Waals surface area contributed by atoms with Gasteiger partial charge in [-0.15, -0.1) is 0 Å². The summed E-state index contributed by atoms with van der Waals surface area (Å²) in [5, 5.41) is 35.8. The molecule has 7 unspecified atom stereocenters. The summed E-state index contributed by atoms with van der Waals surface area (Å²) in [7, 11) is -16.5. The maximum Gasteiger partial charge on any atom is 0.481 e. The number of Topliss-reactive ketones (excluding diaryl/α,β-unsaturated/α-hetero) is 1. The smallest absolute Gasteiger partial charge is 0.481 e. The number of anilines is 1. The Morgan fingerprint density at radius 2 is 1.45 bits per heavy atom. The molecule has 0 radical (unpaired) electrons. The van der Waals surface area contributed by atoms with Gasteiger partial charge < -0.3 is 56.0 Å². The molecule has 11 N–H and O–H groups in total. The molecule has 1 aliphatic rings. The number of ketones is 1. The van der Waals surface area contributed by atoms with Gasteiger partial charge >= 0.3 is 29.4 Å². The molecular formula is C40H68N7O19P3. The van der Waals surface area contributed by atoms with Crippen LogP contribution < -0.4 is 16.4 Å². The summed E-state index contributed by atoms with van der Waals surface area (Å²) in [4.78, 5) is 100. The summed E-state index contributed by atoms with van der Waals surface area (Å²) < 4.78 is 62.5. The van der Waals surface area contributed by atoms with Crippen molar-refractivity contribution in [3.8, 4) is 0 Å². The number of phosphoric ester groups is 3. The van der Waals surface area contributed by atoms with Crippen molar-refractivity contribution in [3.05, 3.63) is 24.8 Å². The van der Waals surface area contributed by atoms with Crippen LogP contribution in [0.5, 0.6) is 0 Å². The van der Waals surface area contributed by atoms with Gasteiger partial charge in [0.15, 0.2) is 17.7 Å². The molecule has 29 heteroatoms. The summed E-state index contributed by atoms with van der Waals surface area (Å²) in [5.41, 5.74) is 2.95. The molecule has 392 valence electrons. The number of aromatic nitrogens is 4. The number of nitrogens with two attached hydrogens (primary N) is 1. The summed E-state index contributed by atoms with van der Waals surface area (Å²) in [6.07, 6.45) is 5.09. The van der Waals surface area contributed by atoms with E-state index < -0.39 is 101 Å². The summed E-state index contributed by atoms with van der Waals surface area (Å²) in [6.45, 7) is 7.50. The number of imidazole rings is 1. The number of aliphatic carboxylic acids is 1. The number of hydrogen-bond acceptors (Lipinski definition) is 18. The lowest BCUT2D eigenvalue weighted by Crippen LogP contribution is -2.46. The van der Waals surface area contributed by atoms with Gasteiger partial charge in [-0.1, -0.05) is 59.1 Å². The molecule has 2 aromatic heterocycles. The van der Waals surface area contributed by atoms with Crippen LogP contribution in [0.2, 0.25) is 0 Å². The van der Waals surface area contributed by atoms with Gasteiger partial charge in [0, 0.05) is 36.8 Å². The zero-order valence-corrected chi connectivity index (χ0v) is 42.2. The number of nitrogen functional groups attached to an aromatic ring is 1. The Labute approximate surface area is 399 Å². The first-order valence-electron chi connectivity index (χ1n) is 22.2. The number of carbonyl (C=O) groups excluding carboxylic acids is 3. The minimum absolute atomic E-state index is 0.0151. The van der Waals surface area contributed by atoms with Crippen LogP contribution in [-0.2, 0) is 55.5 Å². The van der Waals surface area contributed by atoms with E-state index in [2.05, 4.69) is 46.6 Å². The first kappa shape index (κ1) is 59.7. The number of nitrogens with zero attached hydrogens (tertiary/aromatic N) is 4. The van der Waals surface area contributed by atoms with Crippen LogP contribution in [0.4, 0.5) is 5.82 Å². The van der Waals surface area contributed by atoms with E-state index in [0.717, 1.165) is 62.2 Å². The number of hydrogen-bond donors (Lipinski definition) is 10. The molecule has 0 bridgehead atoms. The largest absolute Gasteiger partial charge is 0.481 e. The number of allylic oxidation sites excluding steroid dienone is 2. The van der Waals surface area contributed by atoms with Crippen molar-refractivity contribution >= 4 is 64.0 Å². The fraction of sp³-hybridized carbons (Fsp3) is 0.725. The highest BCUT2D eigenvalue weighted by molar-refractivity contribution is 7.61. The first-order chi connectivity index (χ1) is 31.9. The molecule has 1 saturated heterocycles. The predicted molar refractivity (Wildman–Crippen MR) is 245 cm³/mol. The highest BCUT2D eigenvalue weighted by Crippen LogP contribution is 2.61. The van der Waals surface area contributed by atoms with E-state index in [-0.39, 0.29) is 48.7 Å². The van der Waals surface area contributed by atoms with Gasteiger partial charge in [0.05, 0.1) is 25.0 Å². The molecule has 1 aliphatic heterocycles. The second kappa shape index (κ2) is 25.7. The zero-order valence-electron chi connectivity index (χ0n) is 39.5. The number of aliphatic hydroxyl groups is 2. The molecule has 26 nitrogen and oxygen atoms in total. The van der Waals surface area contributed by atoms with E-state index in [1.807, 2.05) is 13.8 Å². The molecule has 7 atom stereocenters. The van der Waals surface area contributed by atoms with Crippen molar-refractivity contribution in [1.82, 2.24) is 30.2 Å². The van der Waals surface area contributed by atoms with Crippen molar-refractivity contribution in [2.45, 2.75) is 143 Å². The molecule has 0 spiro atoms. The van der Waals surface area contributed by atoms with Gasteiger partial charge in [-0.25, -0.2) is 28.6 Å². The second-order valence-electron chi connectivity index (χ2n) is 18.6. The fourth-order valence-electron chi connectivity index (χ4n) is 6.91. The monoisotopic (exact) mass is 1040 g/mol. The molecular weight excluding hydrogens is 975 g/mol. The Hall–Kier alpha value is -3.58. The van der Waals surface area contributed by atoms with Crippen molar-refractivity contribution in [3.63, 3.8) is 0 Å². The summed E-state index contributed by atoms with van der Waals surface area (Å²) >= 11 is 0. The number of ether oxygens (including phenoxy) is 1. The molecule has 0 saturated carbocycles. The van der Waals surface area contributed by atoms with E-state index in [1.165, 1.54) is 13.8 Å². The van der Waals surface area contributed by atoms with Crippen molar-refractivity contribution in [1.29, 1.82) is 0 Å². The SMILES string of the molecule is CC(C)(CCCCC/C=C\CCCCC(C)(C)C(=O)CCNC(=O)CCNC(=O)C(O)C(C)(C)COP(=O)(O)OP(=O)(O)OCC1OC(n2cnc3c(N)ncnc32)C(O)C1OP(=O)(O)O)C(=O)O. The number of aliphatic hydroxyl groups excluding tert-OH is 2. The molecule has 1 fully saturated rings. The van der Waals surface area contributed by atoms with Gasteiger partial charge in [-0.05, 0) is 52.4 Å². The number of unbranched alkanes of at least 4 members (excludes halogenated alkanes) is 5. The summed E-state index contributed by atoms with van der Waals surface area (Å²) in [6, 6.07) is 0. The van der Waals surface area contributed by atoms with E-state index in [1.54, 1.807) is 13.8 Å². The van der Waals surface area contributed by atoms with Gasteiger partial charge in [-0.3, -0.25) is 37.3 Å². The second-order valence-corrected chi connectivity index (χ2v) is 22.9. The molecule has 3 heterocycles. The van der Waals surface area contributed by atoms with Crippen molar-refractivity contribution in [2.75, 3.05) is 32.0 Å². The van der Waals surface area contributed by atoms with Gasteiger partial charge in [0.2, 0.25) is 11.8 Å². The number of carbonyl (C=O) groups is 4. The third-order valence-corrected chi connectivity index (χ3v) is 14.4. The minimum Gasteiger partial charge on any atom is -0.481 e. The standard InChI is InChI=1S/C40H68N7O19P3/c1-38(2,18-14-12-10-8-7-9-11-13-15-19-39(3,4)37(53)54)27(48)16-20-42-28(49)17-21-43-35(52)32(51)40(5,6)23-63-69(60,61)66-68(58,59)62-22-26-31(65-67(55,56)57)30(50)36(64-26)47-25-46-29-33(41)44-24-45-34(29)47/h7-8,24-26,30-32,36,50-51H,9-23H2,1-6H3,(H,42,49)(H,43,52)(H,53,54)(H,58,59)(H,60,61)(H2,41,44,45)(H2,55,56,57)/b8-7-. The lowest BCUT2D eigenvalue weighted by atomic mass is 9.81. The van der Waals surface area contributed by atoms with Crippen LogP contribution in [0.3, 0.4) is 0 Å². The zero-order chi connectivity index (χ0) is 52.0. The molecule has 2 amide bonds. The third kappa shape index (κ3) is 19.5. The Bertz CT molecular complexity index is 2240. The Morgan fingerprint density at radius 1 is 0.855 bits per heavy atom. The minimum atomic E-state index is -5.59. The van der Waals surface area contributed by atoms with Crippen molar-refractivity contribution in [2.24, 2.45) is 16.2 Å². The topological polar surface area (TPSA) is 401 Å². The van der Waals surface area contributed by atoms with Crippen LogP contribution in [0.25, 0.3) is 11.2 Å². The van der Waals surface area contributed by atoms with Crippen molar-refractivity contribution < 1.29 is 90.4 Å². The molecule has 2 aromatic rings. The number of fused-ring (bicyclic) bond motifs is 1. The highest BCUT2D eigenvalue weighted by Gasteiger charge is 2.50. The average Bonchev–Trinajstić information content (AvgIpc) is 3.80. The Kier molecular flexibility index (Phi) is 22.2. The lowest BCUT2D eigenvalue weighted by Gasteiger charge is -2.30. The average molecular weight is 1040 g/mol. The third-order valence-electron chi connectivity index (χ3n) is 11.3. The number of carboxylic acid groups (broad SMARTS) is 1. The molecule has 3 rings (SSSR count). The van der Waals surface area contributed by atoms with E-state index in [4.69, 9.17) is 19.5 Å². The van der Waals surface area contributed by atoms with Crippen LogP contribution >= 0.6 is 23.5 Å². The quantitative estimate of drug-likeness (QED) is 0.0284. The summed E-state index contributed by atoms with van der Waals surface area (Å²) in [5.74, 6) is -2.31.